The van der Waals surface area contributed by atoms with Gasteiger partial charge in [-0.15, -0.1) is 0 Å². The van der Waals surface area contributed by atoms with Gasteiger partial charge in [0.1, 0.15) is 12.6 Å². The number of nitrogens with one attached hydrogen (secondary N) is 1. The molecule has 9 heteroatoms. The van der Waals surface area contributed by atoms with E-state index in [1.165, 1.54) is 13.2 Å². The van der Waals surface area contributed by atoms with E-state index < -0.39 is 23.5 Å². The molecule has 0 unspecified atom stereocenters. The summed E-state index contributed by atoms with van der Waals surface area (Å²) in [6, 6.07) is 9.14. The van der Waals surface area contributed by atoms with Crippen LogP contribution >= 0.6 is 23.4 Å². The quantitative estimate of drug-likeness (QED) is 0.670. The predicted molar refractivity (Wildman–Crippen MR) is 106 cm³/mol. The Morgan fingerprint density at radius 3 is 2.59 bits per heavy atom. The number of carbonyl (C=O) groups is 2. The van der Waals surface area contributed by atoms with Crippen LogP contribution < -0.4 is 10.9 Å². The summed E-state index contributed by atoms with van der Waals surface area (Å²) in [5, 5.41) is 7.42. The highest BCUT2D eigenvalue weighted by Crippen LogP contribution is 2.18. The normalized spacial score (nSPS) is 11.7. The van der Waals surface area contributed by atoms with Crippen molar-refractivity contribution in [1.82, 2.24) is 15.1 Å². The lowest BCUT2D eigenvalue weighted by molar-refractivity contribution is -0.145. The molecule has 0 radical (unpaired) electrons. The van der Waals surface area contributed by atoms with Gasteiger partial charge in [-0.05, 0) is 36.6 Å². The number of carbonyl (C=O) groups excluding carboxylic acids is 2. The van der Waals surface area contributed by atoms with Gasteiger partial charge < -0.3 is 10.1 Å². The van der Waals surface area contributed by atoms with Crippen molar-refractivity contribution in [3.8, 4) is 11.3 Å². The summed E-state index contributed by atoms with van der Waals surface area (Å²) in [5.41, 5.74) is 0.883. The van der Waals surface area contributed by atoms with E-state index in [0.717, 1.165) is 10.2 Å². The first kappa shape index (κ1) is 21.0. The maximum absolute atomic E-state index is 12.3. The summed E-state index contributed by atoms with van der Waals surface area (Å²) in [6.07, 6.45) is 2.34. The molecular formula is C18H20ClN3O4S. The van der Waals surface area contributed by atoms with Crippen molar-refractivity contribution in [3.63, 3.8) is 0 Å². The van der Waals surface area contributed by atoms with E-state index in [1.807, 2.05) is 6.26 Å². The molecule has 7 nitrogen and oxygen atoms in total. The van der Waals surface area contributed by atoms with E-state index >= 15 is 0 Å². The number of benzene rings is 1. The number of thioether (sulfide) groups is 1. The predicted octanol–water partition coefficient (Wildman–Crippen LogP) is 1.97. The number of esters is 1. The number of aromatic nitrogens is 2. The number of hydrogen-bond acceptors (Lipinski definition) is 6. The van der Waals surface area contributed by atoms with Crippen molar-refractivity contribution >= 4 is 35.2 Å². The number of halogens is 1. The number of nitrogens with zero attached hydrogens (tertiary/aromatic N) is 2. The molecule has 0 bridgehead atoms. The number of ether oxygens (including phenoxy) is 1. The van der Waals surface area contributed by atoms with E-state index in [9.17, 15) is 14.4 Å². The van der Waals surface area contributed by atoms with Gasteiger partial charge >= 0.3 is 5.97 Å². The summed E-state index contributed by atoms with van der Waals surface area (Å²) in [5.74, 6) is -0.327. The molecule has 2 aromatic rings. The summed E-state index contributed by atoms with van der Waals surface area (Å²) in [4.78, 5) is 36.2. The zero-order chi connectivity index (χ0) is 19.8. The SMILES string of the molecule is COC(=O)[C@H](CCSC)NC(=O)Cn1nc(-c2ccc(Cl)cc2)ccc1=O. The van der Waals surface area contributed by atoms with Gasteiger partial charge in [-0.3, -0.25) is 9.59 Å². The van der Waals surface area contributed by atoms with Gasteiger partial charge in [0.15, 0.2) is 0 Å². The fourth-order valence-corrected chi connectivity index (χ4v) is 2.94. The first-order valence-corrected chi connectivity index (χ1v) is 9.92. The molecule has 0 saturated heterocycles. The van der Waals surface area contributed by atoms with Crippen molar-refractivity contribution in [2.45, 2.75) is 19.0 Å². The maximum atomic E-state index is 12.3. The number of rotatable bonds is 8. The molecule has 1 heterocycles. The highest BCUT2D eigenvalue weighted by molar-refractivity contribution is 7.98. The van der Waals surface area contributed by atoms with Gasteiger partial charge in [-0.25, -0.2) is 9.48 Å². The summed E-state index contributed by atoms with van der Waals surface area (Å²) in [7, 11) is 1.27. The zero-order valence-electron chi connectivity index (χ0n) is 15.0. The van der Waals surface area contributed by atoms with Crippen LogP contribution in [0.3, 0.4) is 0 Å². The van der Waals surface area contributed by atoms with Gasteiger partial charge in [0.2, 0.25) is 5.91 Å². The lowest BCUT2D eigenvalue weighted by Gasteiger charge is -2.16. The molecule has 1 aromatic carbocycles. The topological polar surface area (TPSA) is 90.3 Å². The van der Waals surface area contributed by atoms with Gasteiger partial charge in [0, 0.05) is 16.7 Å². The molecule has 144 valence electrons. The van der Waals surface area contributed by atoms with Crippen molar-refractivity contribution < 1.29 is 14.3 Å². The first-order valence-electron chi connectivity index (χ1n) is 8.15. The Bertz CT molecular complexity index is 854. The molecule has 0 aliphatic carbocycles. The van der Waals surface area contributed by atoms with Crippen LogP contribution in [0.4, 0.5) is 0 Å². The Kier molecular flexibility index (Phi) is 7.87. The van der Waals surface area contributed by atoms with E-state index in [0.29, 0.717) is 22.9 Å². The van der Waals surface area contributed by atoms with Crippen LogP contribution in [0.25, 0.3) is 11.3 Å². The molecule has 1 amide bonds. The molecule has 0 saturated carbocycles. The molecule has 2 rings (SSSR count). The fourth-order valence-electron chi connectivity index (χ4n) is 2.34. The van der Waals surface area contributed by atoms with E-state index in [1.54, 1.807) is 42.1 Å². The number of methoxy groups -OCH3 is 1. The summed E-state index contributed by atoms with van der Waals surface area (Å²) in [6.45, 7) is -0.299. The molecular weight excluding hydrogens is 390 g/mol. The van der Waals surface area contributed by atoms with E-state index in [-0.39, 0.29) is 6.54 Å². The van der Waals surface area contributed by atoms with Crippen LogP contribution in [0.5, 0.6) is 0 Å². The molecule has 1 atom stereocenters. The second-order valence-corrected chi connectivity index (χ2v) is 7.07. The standard InChI is InChI=1S/C18H20ClN3O4S/c1-26-18(25)15(9-10-27-2)20-16(23)11-22-17(24)8-7-14(21-22)12-3-5-13(19)6-4-12/h3-8,15H,9-11H2,1-2H3,(H,20,23)/t15-/m0/s1. The maximum Gasteiger partial charge on any atom is 0.328 e. The van der Waals surface area contributed by atoms with Crippen LogP contribution in [0.2, 0.25) is 5.02 Å². The van der Waals surface area contributed by atoms with E-state index in [4.69, 9.17) is 16.3 Å². The fraction of sp³-hybridized carbons (Fsp3) is 0.333. The van der Waals surface area contributed by atoms with Crippen molar-refractivity contribution in [1.29, 1.82) is 0 Å². The van der Waals surface area contributed by atoms with Crippen LogP contribution in [0.15, 0.2) is 41.2 Å². The van der Waals surface area contributed by atoms with Crippen LogP contribution in [0.1, 0.15) is 6.42 Å². The molecule has 27 heavy (non-hydrogen) atoms. The third-order valence-corrected chi connectivity index (χ3v) is 4.63. The zero-order valence-corrected chi connectivity index (χ0v) is 16.5. The van der Waals surface area contributed by atoms with Gasteiger partial charge in [0.25, 0.3) is 5.56 Å². The monoisotopic (exact) mass is 409 g/mol. The minimum absolute atomic E-state index is 0.299. The second kappa shape index (κ2) is 10.1. The van der Waals surface area contributed by atoms with Crippen molar-refractivity contribution in [2.75, 3.05) is 19.1 Å². The molecule has 0 fully saturated rings. The van der Waals surface area contributed by atoms with Gasteiger partial charge in [-0.2, -0.15) is 16.9 Å². The largest absolute Gasteiger partial charge is 0.467 e. The Balaban J connectivity index is 2.14. The van der Waals surface area contributed by atoms with Crippen LogP contribution in [0, 0.1) is 0 Å². The smallest absolute Gasteiger partial charge is 0.328 e. The number of hydrogen-bond donors (Lipinski definition) is 1. The van der Waals surface area contributed by atoms with Crippen LogP contribution in [-0.2, 0) is 20.9 Å². The van der Waals surface area contributed by atoms with Gasteiger partial charge in [0.05, 0.1) is 12.8 Å². The Morgan fingerprint density at radius 1 is 1.26 bits per heavy atom. The average Bonchev–Trinajstić information content (AvgIpc) is 2.67. The second-order valence-electron chi connectivity index (χ2n) is 5.65. The minimum atomic E-state index is -0.759. The third kappa shape index (κ3) is 6.11. The highest BCUT2D eigenvalue weighted by Gasteiger charge is 2.21. The average molecular weight is 410 g/mol. The first-order chi connectivity index (χ1) is 12.9. The van der Waals surface area contributed by atoms with Gasteiger partial charge in [-0.1, -0.05) is 23.7 Å². The third-order valence-electron chi connectivity index (χ3n) is 3.73. The van der Waals surface area contributed by atoms with Crippen LogP contribution in [-0.4, -0.2) is 46.8 Å². The highest BCUT2D eigenvalue weighted by atomic mass is 35.5. The lowest BCUT2D eigenvalue weighted by Crippen LogP contribution is -2.44. The van der Waals surface area contributed by atoms with E-state index in [2.05, 4.69) is 10.4 Å². The summed E-state index contributed by atoms with van der Waals surface area (Å²) < 4.78 is 5.77. The lowest BCUT2D eigenvalue weighted by atomic mass is 10.1. The molecule has 1 N–H and O–H groups in total. The molecule has 0 aliphatic heterocycles. The Labute approximate surface area is 166 Å². The molecule has 0 spiro atoms. The molecule has 0 aliphatic rings. The van der Waals surface area contributed by atoms with Crippen molar-refractivity contribution in [3.05, 3.63) is 51.8 Å². The Hall–Kier alpha value is -2.32. The minimum Gasteiger partial charge on any atom is -0.467 e. The number of amides is 1. The van der Waals surface area contributed by atoms with Crippen molar-refractivity contribution in [2.24, 2.45) is 0 Å². The summed E-state index contributed by atoms with van der Waals surface area (Å²) >= 11 is 7.43. The molecule has 1 aromatic heterocycles. The Morgan fingerprint density at radius 2 is 1.96 bits per heavy atom.